The van der Waals surface area contributed by atoms with Crippen LogP contribution in [0.3, 0.4) is 0 Å². The molecule has 0 atom stereocenters. The fourth-order valence-corrected chi connectivity index (χ4v) is 1.70. The maximum Gasteiger partial charge on any atom is 0.435 e. The van der Waals surface area contributed by atoms with Crippen molar-refractivity contribution in [1.29, 1.82) is 5.26 Å². The lowest BCUT2D eigenvalue weighted by molar-refractivity contribution is -0.141. The van der Waals surface area contributed by atoms with Crippen molar-refractivity contribution in [2.75, 3.05) is 5.32 Å². The zero-order chi connectivity index (χ0) is 16.5. The third-order valence-corrected chi connectivity index (χ3v) is 2.66. The van der Waals surface area contributed by atoms with Crippen molar-refractivity contribution in [3.63, 3.8) is 0 Å². The lowest BCUT2D eigenvalue weighted by Gasteiger charge is -2.05. The third-order valence-electron chi connectivity index (χ3n) is 2.66. The van der Waals surface area contributed by atoms with Crippen LogP contribution >= 0.6 is 0 Å². The van der Waals surface area contributed by atoms with Crippen LogP contribution in [-0.4, -0.2) is 20.7 Å². The highest BCUT2D eigenvalue weighted by molar-refractivity contribution is 5.90. The van der Waals surface area contributed by atoms with E-state index in [4.69, 9.17) is 9.68 Å². The van der Waals surface area contributed by atoms with Gasteiger partial charge in [-0.3, -0.25) is 14.8 Å². The number of amides is 1. The van der Waals surface area contributed by atoms with E-state index in [0.717, 1.165) is 10.7 Å². The standard InChI is InChI=1S/C12H10F3N5O2/c1-6-3-9(12(13,14)15)19-20(6)5-10(21)18-11-8(4-16)17-7(2)22-11/h3H,5H2,1-2H3,(H,18,21). The van der Waals surface area contributed by atoms with Gasteiger partial charge in [0, 0.05) is 12.6 Å². The van der Waals surface area contributed by atoms with Gasteiger partial charge < -0.3 is 4.42 Å². The van der Waals surface area contributed by atoms with E-state index in [1.54, 1.807) is 6.07 Å². The van der Waals surface area contributed by atoms with Gasteiger partial charge in [0.15, 0.2) is 11.6 Å². The smallest absolute Gasteiger partial charge is 0.424 e. The molecule has 2 rings (SSSR count). The molecule has 1 N–H and O–H groups in total. The second-order valence-corrected chi connectivity index (χ2v) is 4.40. The van der Waals surface area contributed by atoms with Gasteiger partial charge in [-0.15, -0.1) is 0 Å². The molecule has 7 nitrogen and oxygen atoms in total. The summed E-state index contributed by atoms with van der Waals surface area (Å²) in [7, 11) is 0. The predicted molar refractivity (Wildman–Crippen MR) is 66.6 cm³/mol. The van der Waals surface area contributed by atoms with Gasteiger partial charge in [0.2, 0.25) is 17.5 Å². The molecule has 0 aliphatic rings. The maximum absolute atomic E-state index is 12.5. The predicted octanol–water partition coefficient (Wildman–Crippen LogP) is 2.02. The molecule has 0 aliphatic carbocycles. The molecule has 2 aromatic heterocycles. The molecule has 22 heavy (non-hydrogen) atoms. The molecular formula is C12H10F3N5O2. The lowest BCUT2D eigenvalue weighted by Crippen LogP contribution is -2.21. The van der Waals surface area contributed by atoms with Crippen LogP contribution in [0.5, 0.6) is 0 Å². The summed E-state index contributed by atoms with van der Waals surface area (Å²) in [5, 5.41) is 14.4. The van der Waals surface area contributed by atoms with Crippen LogP contribution in [0.2, 0.25) is 0 Å². The van der Waals surface area contributed by atoms with Gasteiger partial charge in [0.25, 0.3) is 0 Å². The minimum absolute atomic E-state index is 0.112. The first kappa shape index (κ1) is 15.6. The number of nitriles is 1. The molecule has 2 heterocycles. The third kappa shape index (κ3) is 3.25. The van der Waals surface area contributed by atoms with Crippen molar-refractivity contribution in [3.05, 3.63) is 29.0 Å². The number of carbonyl (C=O) groups excluding carboxylic acids is 1. The number of alkyl halides is 3. The number of nitrogens with zero attached hydrogens (tertiary/aromatic N) is 4. The van der Waals surface area contributed by atoms with E-state index >= 15 is 0 Å². The first-order valence-electron chi connectivity index (χ1n) is 5.99. The second kappa shape index (κ2) is 5.51. The first-order valence-corrected chi connectivity index (χ1v) is 5.99. The number of aryl methyl sites for hydroxylation is 2. The summed E-state index contributed by atoms with van der Waals surface area (Å²) in [5.41, 5.74) is -1.01. The summed E-state index contributed by atoms with van der Waals surface area (Å²) in [6.45, 7) is 2.44. The van der Waals surface area contributed by atoms with Crippen molar-refractivity contribution in [3.8, 4) is 6.07 Å². The monoisotopic (exact) mass is 313 g/mol. The van der Waals surface area contributed by atoms with E-state index in [0.29, 0.717) is 0 Å². The second-order valence-electron chi connectivity index (χ2n) is 4.40. The lowest BCUT2D eigenvalue weighted by atomic mass is 10.3. The largest absolute Gasteiger partial charge is 0.435 e. The SMILES string of the molecule is Cc1nc(C#N)c(NC(=O)Cn2nc(C(F)(F)F)cc2C)o1. The van der Waals surface area contributed by atoms with Gasteiger partial charge in [-0.1, -0.05) is 0 Å². The minimum Gasteiger partial charge on any atom is -0.424 e. The Kier molecular flexibility index (Phi) is 3.90. The quantitative estimate of drug-likeness (QED) is 0.935. The molecule has 0 spiro atoms. The van der Waals surface area contributed by atoms with E-state index in [9.17, 15) is 18.0 Å². The summed E-state index contributed by atoms with van der Waals surface area (Å²) in [6.07, 6.45) is -4.58. The van der Waals surface area contributed by atoms with Crippen LogP contribution in [0.15, 0.2) is 10.5 Å². The maximum atomic E-state index is 12.5. The fraction of sp³-hybridized carbons (Fsp3) is 0.333. The molecule has 0 fully saturated rings. The fourth-order valence-electron chi connectivity index (χ4n) is 1.70. The van der Waals surface area contributed by atoms with Crippen molar-refractivity contribution in [2.24, 2.45) is 0 Å². The molecule has 0 aromatic carbocycles. The number of oxazole rings is 1. The van der Waals surface area contributed by atoms with Crippen molar-refractivity contribution in [1.82, 2.24) is 14.8 Å². The summed E-state index contributed by atoms with van der Waals surface area (Å²) in [4.78, 5) is 15.5. The van der Waals surface area contributed by atoms with Crippen LogP contribution in [0.25, 0.3) is 0 Å². The topological polar surface area (TPSA) is 96.7 Å². The highest BCUT2D eigenvalue weighted by Crippen LogP contribution is 2.28. The van der Waals surface area contributed by atoms with E-state index < -0.39 is 24.3 Å². The highest BCUT2D eigenvalue weighted by atomic mass is 19.4. The Hall–Kier alpha value is -2.83. The van der Waals surface area contributed by atoms with Gasteiger partial charge in [0.1, 0.15) is 12.6 Å². The van der Waals surface area contributed by atoms with Crippen molar-refractivity contribution in [2.45, 2.75) is 26.6 Å². The Morgan fingerprint density at radius 2 is 2.18 bits per heavy atom. The molecule has 0 aliphatic heterocycles. The molecule has 0 bridgehead atoms. The molecule has 2 aromatic rings. The van der Waals surface area contributed by atoms with Gasteiger partial charge >= 0.3 is 6.18 Å². The van der Waals surface area contributed by atoms with E-state index in [-0.39, 0.29) is 23.2 Å². The number of hydrogen-bond donors (Lipinski definition) is 1. The molecule has 0 radical (unpaired) electrons. The number of anilines is 1. The van der Waals surface area contributed by atoms with Gasteiger partial charge in [-0.2, -0.15) is 23.5 Å². The minimum atomic E-state index is -4.58. The summed E-state index contributed by atoms with van der Waals surface area (Å²) >= 11 is 0. The summed E-state index contributed by atoms with van der Waals surface area (Å²) in [5.74, 6) is -0.653. The van der Waals surface area contributed by atoms with Gasteiger partial charge in [-0.05, 0) is 13.0 Å². The van der Waals surface area contributed by atoms with Gasteiger partial charge in [0.05, 0.1) is 0 Å². The number of aromatic nitrogens is 3. The Morgan fingerprint density at radius 3 is 2.73 bits per heavy atom. The van der Waals surface area contributed by atoms with Gasteiger partial charge in [-0.25, -0.2) is 4.98 Å². The van der Waals surface area contributed by atoms with E-state index in [1.165, 1.54) is 13.8 Å². The number of carbonyl (C=O) groups is 1. The average molecular weight is 313 g/mol. The number of rotatable bonds is 3. The number of halogens is 3. The normalized spacial score (nSPS) is 11.3. The zero-order valence-electron chi connectivity index (χ0n) is 11.5. The molecule has 1 amide bonds. The number of hydrogen-bond acceptors (Lipinski definition) is 5. The zero-order valence-corrected chi connectivity index (χ0v) is 11.5. The highest BCUT2D eigenvalue weighted by Gasteiger charge is 2.34. The Labute approximate surface area is 122 Å². The summed E-state index contributed by atoms with van der Waals surface area (Å²) < 4.78 is 43.5. The first-order chi connectivity index (χ1) is 10.2. The van der Waals surface area contributed by atoms with Crippen LogP contribution in [-0.2, 0) is 17.5 Å². The van der Waals surface area contributed by atoms with E-state index in [1.807, 2.05) is 0 Å². The average Bonchev–Trinajstić information content (AvgIpc) is 2.93. The van der Waals surface area contributed by atoms with Crippen LogP contribution in [0.4, 0.5) is 19.1 Å². The molecule has 0 unspecified atom stereocenters. The summed E-state index contributed by atoms with van der Waals surface area (Å²) in [6, 6.07) is 2.57. The van der Waals surface area contributed by atoms with Crippen LogP contribution in [0, 0.1) is 25.2 Å². The Balaban J connectivity index is 2.13. The molecule has 116 valence electrons. The van der Waals surface area contributed by atoms with Crippen molar-refractivity contribution >= 4 is 11.8 Å². The van der Waals surface area contributed by atoms with Crippen LogP contribution in [0.1, 0.15) is 23.0 Å². The van der Waals surface area contributed by atoms with Crippen LogP contribution < -0.4 is 5.32 Å². The molecular weight excluding hydrogens is 303 g/mol. The van der Waals surface area contributed by atoms with Crippen molar-refractivity contribution < 1.29 is 22.4 Å². The number of nitrogens with one attached hydrogen (secondary N) is 1. The Bertz CT molecular complexity index is 754. The molecule has 10 heteroatoms. The molecule has 0 saturated heterocycles. The Morgan fingerprint density at radius 1 is 1.50 bits per heavy atom. The molecule has 0 saturated carbocycles. The van der Waals surface area contributed by atoms with E-state index in [2.05, 4.69) is 15.4 Å².